The summed E-state index contributed by atoms with van der Waals surface area (Å²) in [5, 5.41) is 6.65. The topological polar surface area (TPSA) is 66.0 Å². The lowest BCUT2D eigenvalue weighted by Crippen LogP contribution is -2.45. The number of carbonyl (C=O) groups is 1. The van der Waals surface area contributed by atoms with Gasteiger partial charge in [0.2, 0.25) is 5.91 Å². The number of hydrogen-bond acceptors (Lipinski definition) is 3. The van der Waals surface area contributed by atoms with E-state index in [1.54, 1.807) is 18.2 Å². The van der Waals surface area contributed by atoms with Crippen molar-refractivity contribution in [3.05, 3.63) is 30.1 Å². The number of nitrogens with one attached hydrogen (secondary N) is 2. The molecular weight excluding hydrogens is 359 g/mol. The van der Waals surface area contributed by atoms with E-state index < -0.39 is 0 Å². The lowest BCUT2D eigenvalue weighted by molar-refractivity contribution is -0.133. The van der Waals surface area contributed by atoms with Crippen LogP contribution in [-0.2, 0) is 4.79 Å². The molecule has 156 valence electrons. The molecule has 7 heteroatoms. The van der Waals surface area contributed by atoms with E-state index in [2.05, 4.69) is 15.6 Å². The van der Waals surface area contributed by atoms with E-state index >= 15 is 0 Å². The highest BCUT2D eigenvalue weighted by atomic mass is 19.1. The van der Waals surface area contributed by atoms with Gasteiger partial charge in [0, 0.05) is 31.6 Å². The van der Waals surface area contributed by atoms with Crippen LogP contribution in [0.4, 0.5) is 4.39 Å². The molecular formula is C21H33FN4O2. The van der Waals surface area contributed by atoms with Gasteiger partial charge in [-0.1, -0.05) is 32.9 Å². The van der Waals surface area contributed by atoms with E-state index in [4.69, 9.17) is 4.74 Å². The largest absolute Gasteiger partial charge is 0.485 e. The molecule has 0 radical (unpaired) electrons. The Bertz CT molecular complexity index is 666. The van der Waals surface area contributed by atoms with Gasteiger partial charge in [0.1, 0.15) is 6.10 Å². The smallest absolute Gasteiger partial charge is 0.225 e. The molecule has 2 atom stereocenters. The van der Waals surface area contributed by atoms with Crippen molar-refractivity contribution in [2.24, 2.45) is 10.9 Å². The molecule has 0 bridgehead atoms. The molecule has 1 aromatic carbocycles. The summed E-state index contributed by atoms with van der Waals surface area (Å²) in [4.78, 5) is 18.7. The molecule has 0 saturated carbocycles. The van der Waals surface area contributed by atoms with Gasteiger partial charge in [-0.15, -0.1) is 0 Å². The minimum absolute atomic E-state index is 0.0153. The minimum Gasteiger partial charge on any atom is -0.485 e. The summed E-state index contributed by atoms with van der Waals surface area (Å²) >= 11 is 0. The van der Waals surface area contributed by atoms with Crippen molar-refractivity contribution in [1.29, 1.82) is 0 Å². The first-order valence-electron chi connectivity index (χ1n) is 10.2. The Morgan fingerprint density at radius 3 is 2.75 bits per heavy atom. The summed E-state index contributed by atoms with van der Waals surface area (Å²) in [6.45, 7) is 10.5. The Morgan fingerprint density at radius 1 is 1.36 bits per heavy atom. The molecule has 1 amide bonds. The Morgan fingerprint density at radius 2 is 2.11 bits per heavy atom. The van der Waals surface area contributed by atoms with Gasteiger partial charge in [-0.2, -0.15) is 0 Å². The number of guanidine groups is 1. The third-order valence-electron chi connectivity index (χ3n) is 4.72. The predicted octanol–water partition coefficient (Wildman–Crippen LogP) is 2.80. The third-order valence-corrected chi connectivity index (χ3v) is 4.72. The number of nitrogens with zero attached hydrogens (tertiary/aromatic N) is 2. The second-order valence-electron chi connectivity index (χ2n) is 7.37. The standard InChI is InChI=1S/C21H33FN4O2/c1-5-17(28-19-10-8-7-9-18(19)22)13-24-21(23-6-2)25-16-11-12-26(14-16)20(27)15(3)4/h7-10,15-17H,5-6,11-14H2,1-4H3,(H2,23,24,25). The average molecular weight is 393 g/mol. The Labute approximate surface area is 167 Å². The highest BCUT2D eigenvalue weighted by Gasteiger charge is 2.28. The summed E-state index contributed by atoms with van der Waals surface area (Å²) in [6.07, 6.45) is 1.40. The molecule has 0 spiro atoms. The molecule has 28 heavy (non-hydrogen) atoms. The van der Waals surface area contributed by atoms with Crippen molar-refractivity contribution < 1.29 is 13.9 Å². The maximum absolute atomic E-state index is 13.8. The summed E-state index contributed by atoms with van der Waals surface area (Å²) in [5.74, 6) is 0.788. The first-order valence-corrected chi connectivity index (χ1v) is 10.2. The molecule has 1 fully saturated rings. The van der Waals surface area contributed by atoms with Crippen LogP contribution in [0, 0.1) is 11.7 Å². The quantitative estimate of drug-likeness (QED) is 0.527. The number of aliphatic imine (C=N–C) groups is 1. The average Bonchev–Trinajstić information content (AvgIpc) is 3.14. The Balaban J connectivity index is 1.94. The fraction of sp³-hybridized carbons (Fsp3) is 0.619. The van der Waals surface area contributed by atoms with Gasteiger partial charge in [-0.25, -0.2) is 9.38 Å². The number of amides is 1. The van der Waals surface area contributed by atoms with Crippen LogP contribution < -0.4 is 15.4 Å². The molecule has 0 aliphatic carbocycles. The lowest BCUT2D eigenvalue weighted by Gasteiger charge is -2.21. The van der Waals surface area contributed by atoms with E-state index in [9.17, 15) is 9.18 Å². The summed E-state index contributed by atoms with van der Waals surface area (Å²) in [5.41, 5.74) is 0. The molecule has 6 nitrogen and oxygen atoms in total. The number of likely N-dealkylation sites (tertiary alicyclic amines) is 1. The summed E-state index contributed by atoms with van der Waals surface area (Å²) in [6, 6.07) is 6.59. The van der Waals surface area contributed by atoms with E-state index in [-0.39, 0.29) is 35.5 Å². The molecule has 2 rings (SSSR count). The van der Waals surface area contributed by atoms with Crippen LogP contribution in [0.3, 0.4) is 0 Å². The minimum atomic E-state index is -0.365. The van der Waals surface area contributed by atoms with Crippen molar-refractivity contribution in [3.8, 4) is 5.75 Å². The van der Waals surface area contributed by atoms with Crippen LogP contribution in [-0.4, -0.2) is 55.1 Å². The zero-order chi connectivity index (χ0) is 20.5. The predicted molar refractivity (Wildman–Crippen MR) is 110 cm³/mol. The van der Waals surface area contributed by atoms with Crippen LogP contribution in [0.2, 0.25) is 0 Å². The molecule has 1 aliphatic heterocycles. The molecule has 2 N–H and O–H groups in total. The number of halogens is 1. The number of carbonyl (C=O) groups excluding carboxylic acids is 1. The van der Waals surface area contributed by atoms with Crippen LogP contribution >= 0.6 is 0 Å². The molecule has 1 aromatic rings. The maximum atomic E-state index is 13.8. The maximum Gasteiger partial charge on any atom is 0.225 e. The van der Waals surface area contributed by atoms with Gasteiger partial charge in [-0.05, 0) is 31.9 Å². The fourth-order valence-corrected chi connectivity index (χ4v) is 3.12. The van der Waals surface area contributed by atoms with Crippen LogP contribution in [0.5, 0.6) is 5.75 Å². The van der Waals surface area contributed by atoms with Crippen molar-refractivity contribution in [2.75, 3.05) is 26.2 Å². The number of para-hydroxylation sites is 1. The van der Waals surface area contributed by atoms with E-state index in [0.29, 0.717) is 19.0 Å². The van der Waals surface area contributed by atoms with Gasteiger partial charge in [0.05, 0.1) is 6.54 Å². The second-order valence-corrected chi connectivity index (χ2v) is 7.37. The van der Waals surface area contributed by atoms with Gasteiger partial charge >= 0.3 is 0 Å². The van der Waals surface area contributed by atoms with Crippen molar-refractivity contribution in [2.45, 2.75) is 52.7 Å². The van der Waals surface area contributed by atoms with Crippen LogP contribution in [0.1, 0.15) is 40.5 Å². The van der Waals surface area contributed by atoms with Crippen molar-refractivity contribution in [3.63, 3.8) is 0 Å². The number of rotatable bonds is 8. The molecule has 1 saturated heterocycles. The zero-order valence-corrected chi connectivity index (χ0v) is 17.4. The molecule has 1 heterocycles. The van der Waals surface area contributed by atoms with E-state index in [1.807, 2.05) is 32.6 Å². The highest BCUT2D eigenvalue weighted by molar-refractivity contribution is 5.81. The Hall–Kier alpha value is -2.31. The molecule has 1 aliphatic rings. The van der Waals surface area contributed by atoms with E-state index in [0.717, 1.165) is 25.9 Å². The molecule has 0 aromatic heterocycles. The molecule has 2 unspecified atom stereocenters. The number of ether oxygens (including phenoxy) is 1. The van der Waals surface area contributed by atoms with E-state index in [1.165, 1.54) is 6.07 Å². The normalized spacial score (nSPS) is 18.3. The number of benzene rings is 1. The van der Waals surface area contributed by atoms with Gasteiger partial charge in [0.15, 0.2) is 17.5 Å². The zero-order valence-electron chi connectivity index (χ0n) is 17.4. The monoisotopic (exact) mass is 392 g/mol. The SMILES string of the molecule is CCNC(=NCC(CC)Oc1ccccc1F)NC1CCN(C(=O)C(C)C)C1. The van der Waals surface area contributed by atoms with Crippen LogP contribution in [0.15, 0.2) is 29.3 Å². The fourth-order valence-electron chi connectivity index (χ4n) is 3.12. The second kappa shape index (κ2) is 10.9. The van der Waals surface area contributed by atoms with Crippen LogP contribution in [0.25, 0.3) is 0 Å². The summed E-state index contributed by atoms with van der Waals surface area (Å²) in [7, 11) is 0. The number of hydrogen-bond donors (Lipinski definition) is 2. The highest BCUT2D eigenvalue weighted by Crippen LogP contribution is 2.18. The van der Waals surface area contributed by atoms with Gasteiger partial charge < -0.3 is 20.3 Å². The van der Waals surface area contributed by atoms with Crippen molar-refractivity contribution >= 4 is 11.9 Å². The van der Waals surface area contributed by atoms with Crippen molar-refractivity contribution in [1.82, 2.24) is 15.5 Å². The lowest BCUT2D eigenvalue weighted by atomic mass is 10.2. The first kappa shape index (κ1) is 22.0. The van der Waals surface area contributed by atoms with Gasteiger partial charge in [0.25, 0.3) is 0 Å². The summed E-state index contributed by atoms with van der Waals surface area (Å²) < 4.78 is 19.6. The Kier molecular flexibility index (Phi) is 8.54. The first-order chi connectivity index (χ1) is 13.4. The third kappa shape index (κ3) is 6.39. The van der Waals surface area contributed by atoms with Gasteiger partial charge in [-0.3, -0.25) is 4.79 Å².